The minimum atomic E-state index is -0.801. The number of methoxy groups -OCH3 is 2. The summed E-state index contributed by atoms with van der Waals surface area (Å²) in [5.74, 6) is 0.0654. The summed E-state index contributed by atoms with van der Waals surface area (Å²) in [6, 6.07) is 13.3. The molecule has 5 heteroatoms. The molecule has 0 radical (unpaired) electrons. The summed E-state index contributed by atoms with van der Waals surface area (Å²) < 4.78 is 23.1. The van der Waals surface area contributed by atoms with Crippen molar-refractivity contribution in [3.05, 3.63) is 72.1 Å². The molecule has 2 aromatic carbocycles. The quantitative estimate of drug-likeness (QED) is 0.557. The number of rotatable bonds is 6. The maximum absolute atomic E-state index is 13.1. The average Bonchev–Trinajstić information content (AvgIpc) is 2.66. The monoisotopic (exact) mass is 355 g/mol. The van der Waals surface area contributed by atoms with E-state index in [1.807, 2.05) is 24.3 Å². The normalized spacial score (nSPS) is 12.3. The highest BCUT2D eigenvalue weighted by molar-refractivity contribution is 6.10. The van der Waals surface area contributed by atoms with Crippen molar-refractivity contribution < 1.29 is 18.7 Å². The molecule has 0 fully saturated rings. The van der Waals surface area contributed by atoms with Crippen molar-refractivity contribution in [2.75, 3.05) is 14.2 Å². The Morgan fingerprint density at radius 3 is 2.19 bits per heavy atom. The number of esters is 1. The third kappa shape index (κ3) is 5.02. The summed E-state index contributed by atoms with van der Waals surface area (Å²) in [6.45, 7) is 3.53. The fourth-order valence-electron chi connectivity index (χ4n) is 2.23. The topological polar surface area (TPSA) is 47.9 Å². The van der Waals surface area contributed by atoms with Crippen molar-refractivity contribution in [1.82, 2.24) is 0 Å². The van der Waals surface area contributed by atoms with Crippen molar-refractivity contribution in [3.8, 4) is 5.75 Å². The number of carbonyl (C=O) groups excluding carboxylic acids is 1. The number of benzene rings is 2. The van der Waals surface area contributed by atoms with Gasteiger partial charge in [-0.15, -0.1) is 0 Å². The Morgan fingerprint density at radius 1 is 1.04 bits per heavy atom. The number of allylic oxidation sites excluding steroid dienone is 1. The molecule has 2 rings (SSSR count). The molecule has 0 saturated carbocycles. The molecule has 26 heavy (non-hydrogen) atoms. The van der Waals surface area contributed by atoms with E-state index in [9.17, 15) is 9.18 Å². The van der Waals surface area contributed by atoms with Gasteiger partial charge in [-0.05, 0) is 68.5 Å². The number of hydrogen-bond acceptors (Lipinski definition) is 4. The third-order valence-corrected chi connectivity index (χ3v) is 3.83. The summed E-state index contributed by atoms with van der Waals surface area (Å²) in [5.41, 5.74) is 1.28. The second-order valence-electron chi connectivity index (χ2n) is 6.25. The SMILES string of the molecule is COC(=O)C(C)(C)/C=C/C(=Nc1ccc(F)cc1)c1ccc(OC)cc1. The number of ether oxygens (including phenoxy) is 2. The Hall–Kier alpha value is -2.95. The zero-order chi connectivity index (χ0) is 19.2. The van der Waals surface area contributed by atoms with E-state index >= 15 is 0 Å². The lowest BCUT2D eigenvalue weighted by Gasteiger charge is -2.16. The van der Waals surface area contributed by atoms with Crippen molar-refractivity contribution in [1.29, 1.82) is 0 Å². The standard InChI is InChI=1S/C21H22FNO3/c1-21(2,20(24)26-4)14-13-19(15-5-11-18(25-3)12-6-15)23-17-9-7-16(22)8-10-17/h5-14H,1-4H3/b14-13+,23-19?. The summed E-state index contributed by atoms with van der Waals surface area (Å²) in [4.78, 5) is 16.5. The minimum Gasteiger partial charge on any atom is -0.497 e. The first-order chi connectivity index (χ1) is 12.4. The molecular formula is C21H22FNO3. The summed E-state index contributed by atoms with van der Waals surface area (Å²) in [6.07, 6.45) is 3.51. The van der Waals surface area contributed by atoms with Gasteiger partial charge in [-0.25, -0.2) is 9.38 Å². The summed E-state index contributed by atoms with van der Waals surface area (Å²) in [7, 11) is 2.95. The number of aliphatic imine (C=N–C) groups is 1. The number of nitrogens with zero attached hydrogens (tertiary/aromatic N) is 1. The first kappa shape index (κ1) is 19.4. The highest BCUT2D eigenvalue weighted by atomic mass is 19.1. The fourth-order valence-corrected chi connectivity index (χ4v) is 2.23. The van der Waals surface area contributed by atoms with E-state index in [1.54, 1.807) is 45.2 Å². The lowest BCUT2D eigenvalue weighted by atomic mass is 9.92. The maximum Gasteiger partial charge on any atom is 0.315 e. The van der Waals surface area contributed by atoms with Crippen molar-refractivity contribution in [3.63, 3.8) is 0 Å². The maximum atomic E-state index is 13.1. The Labute approximate surface area is 153 Å². The van der Waals surface area contributed by atoms with Crippen LogP contribution in [0.3, 0.4) is 0 Å². The van der Waals surface area contributed by atoms with Gasteiger partial charge in [-0.3, -0.25) is 4.79 Å². The van der Waals surface area contributed by atoms with Crippen LogP contribution in [0.2, 0.25) is 0 Å². The van der Waals surface area contributed by atoms with Crippen LogP contribution in [-0.2, 0) is 9.53 Å². The second kappa shape index (κ2) is 8.43. The van der Waals surface area contributed by atoms with Gasteiger partial charge in [0, 0.05) is 5.56 Å². The van der Waals surface area contributed by atoms with E-state index in [-0.39, 0.29) is 11.8 Å². The van der Waals surface area contributed by atoms with E-state index < -0.39 is 5.41 Å². The van der Waals surface area contributed by atoms with Crippen LogP contribution in [0.25, 0.3) is 0 Å². The van der Waals surface area contributed by atoms with E-state index in [1.165, 1.54) is 19.2 Å². The molecule has 0 bridgehead atoms. The van der Waals surface area contributed by atoms with Crippen LogP contribution in [0.4, 0.5) is 10.1 Å². The summed E-state index contributed by atoms with van der Waals surface area (Å²) in [5, 5.41) is 0. The smallest absolute Gasteiger partial charge is 0.315 e. The molecule has 0 heterocycles. The van der Waals surface area contributed by atoms with Gasteiger partial charge in [0.2, 0.25) is 0 Å². The van der Waals surface area contributed by atoms with E-state index in [4.69, 9.17) is 9.47 Å². The molecule has 0 atom stereocenters. The first-order valence-corrected chi connectivity index (χ1v) is 8.12. The van der Waals surface area contributed by atoms with Crippen LogP contribution in [0.5, 0.6) is 5.75 Å². The van der Waals surface area contributed by atoms with Crippen LogP contribution < -0.4 is 4.74 Å². The Balaban J connectivity index is 2.43. The zero-order valence-electron chi connectivity index (χ0n) is 15.3. The molecule has 0 aliphatic carbocycles. The van der Waals surface area contributed by atoms with Gasteiger partial charge in [0.25, 0.3) is 0 Å². The Morgan fingerprint density at radius 2 is 1.65 bits per heavy atom. The highest BCUT2D eigenvalue weighted by Crippen LogP contribution is 2.22. The highest BCUT2D eigenvalue weighted by Gasteiger charge is 2.25. The lowest BCUT2D eigenvalue weighted by molar-refractivity contribution is -0.148. The molecule has 0 aliphatic rings. The molecule has 4 nitrogen and oxygen atoms in total. The molecule has 0 unspecified atom stereocenters. The van der Waals surface area contributed by atoms with E-state index in [0.29, 0.717) is 11.4 Å². The van der Waals surface area contributed by atoms with Crippen LogP contribution in [0.15, 0.2) is 65.7 Å². The van der Waals surface area contributed by atoms with Gasteiger partial charge in [-0.1, -0.05) is 6.08 Å². The van der Waals surface area contributed by atoms with Gasteiger partial charge in [0.05, 0.1) is 31.0 Å². The van der Waals surface area contributed by atoms with Crippen LogP contribution in [-0.4, -0.2) is 25.9 Å². The first-order valence-electron chi connectivity index (χ1n) is 8.12. The van der Waals surface area contributed by atoms with Crippen LogP contribution in [0, 0.1) is 11.2 Å². The van der Waals surface area contributed by atoms with Crippen molar-refractivity contribution in [2.24, 2.45) is 10.4 Å². The lowest BCUT2D eigenvalue weighted by Crippen LogP contribution is -2.23. The Kier molecular flexibility index (Phi) is 6.28. The fraction of sp³-hybridized carbons (Fsp3) is 0.238. The average molecular weight is 355 g/mol. The molecular weight excluding hydrogens is 333 g/mol. The number of hydrogen-bond donors (Lipinski definition) is 0. The van der Waals surface area contributed by atoms with Gasteiger partial charge >= 0.3 is 5.97 Å². The minimum absolute atomic E-state index is 0.322. The van der Waals surface area contributed by atoms with Gasteiger partial charge in [0.1, 0.15) is 11.6 Å². The van der Waals surface area contributed by atoms with Gasteiger partial charge in [-0.2, -0.15) is 0 Å². The molecule has 136 valence electrons. The second-order valence-corrected chi connectivity index (χ2v) is 6.25. The molecule has 0 aliphatic heterocycles. The Bertz CT molecular complexity index is 806. The van der Waals surface area contributed by atoms with Crippen LogP contribution >= 0.6 is 0 Å². The third-order valence-electron chi connectivity index (χ3n) is 3.83. The molecule has 0 saturated heterocycles. The summed E-state index contributed by atoms with van der Waals surface area (Å²) >= 11 is 0. The molecule has 0 spiro atoms. The van der Waals surface area contributed by atoms with Gasteiger partial charge in [0.15, 0.2) is 0 Å². The van der Waals surface area contributed by atoms with E-state index in [0.717, 1.165) is 11.3 Å². The van der Waals surface area contributed by atoms with Crippen LogP contribution in [0.1, 0.15) is 19.4 Å². The number of carbonyl (C=O) groups is 1. The predicted octanol–water partition coefficient (Wildman–Crippen LogP) is 4.71. The molecule has 2 aromatic rings. The molecule has 0 aromatic heterocycles. The van der Waals surface area contributed by atoms with Crippen molar-refractivity contribution >= 4 is 17.4 Å². The largest absolute Gasteiger partial charge is 0.497 e. The van der Waals surface area contributed by atoms with Crippen molar-refractivity contribution in [2.45, 2.75) is 13.8 Å². The van der Waals surface area contributed by atoms with E-state index in [2.05, 4.69) is 4.99 Å². The predicted molar refractivity (Wildman–Crippen MR) is 101 cm³/mol. The molecule has 0 N–H and O–H groups in total. The van der Waals surface area contributed by atoms with Gasteiger partial charge < -0.3 is 9.47 Å². The molecule has 0 amide bonds. The zero-order valence-corrected chi connectivity index (χ0v) is 15.3. The number of halogens is 1.